The minimum atomic E-state index is -4.54. The van der Waals surface area contributed by atoms with Gasteiger partial charge in [-0.05, 0) is 31.7 Å². The zero-order valence-electron chi connectivity index (χ0n) is 20.8. The van der Waals surface area contributed by atoms with E-state index < -0.39 is 30.8 Å². The summed E-state index contributed by atoms with van der Waals surface area (Å²) >= 11 is 0. The summed E-state index contributed by atoms with van der Waals surface area (Å²) in [5, 5.41) is 11.0. The lowest BCUT2D eigenvalue weighted by Crippen LogP contribution is -2.46. The van der Waals surface area contributed by atoms with Crippen molar-refractivity contribution in [2.75, 3.05) is 32.5 Å². The first kappa shape index (κ1) is 27.2. The number of piperidine rings is 1. The number of carbonyl (C=O) groups excluding carboxylic acids is 1. The van der Waals surface area contributed by atoms with E-state index in [2.05, 4.69) is 20.8 Å². The smallest absolute Gasteiger partial charge is 0.393 e. The number of aromatic nitrogens is 3. The van der Waals surface area contributed by atoms with Crippen LogP contribution in [0.25, 0.3) is 22.4 Å². The number of anilines is 1. The van der Waals surface area contributed by atoms with E-state index in [1.54, 1.807) is 18.2 Å². The fourth-order valence-electron chi connectivity index (χ4n) is 4.33. The first-order valence-electron chi connectivity index (χ1n) is 11.8. The number of nitrogens with two attached hydrogens (primary N) is 2. The first-order valence-corrected chi connectivity index (χ1v) is 11.8. The van der Waals surface area contributed by atoms with Crippen molar-refractivity contribution < 1.29 is 26.9 Å². The van der Waals surface area contributed by atoms with E-state index in [1.807, 2.05) is 11.9 Å². The number of halogens is 4. The Bertz CT molecular complexity index is 1320. The van der Waals surface area contributed by atoms with Crippen molar-refractivity contribution in [3.8, 4) is 11.5 Å². The third-order valence-electron chi connectivity index (χ3n) is 6.07. The number of nitrogens with zero attached hydrogens (tertiary/aromatic N) is 5. The van der Waals surface area contributed by atoms with Crippen LogP contribution in [0.4, 0.5) is 23.2 Å². The summed E-state index contributed by atoms with van der Waals surface area (Å²) in [5.74, 6) is 4.62. The maximum absolute atomic E-state index is 14.7. The summed E-state index contributed by atoms with van der Waals surface area (Å²) in [4.78, 5) is 18.1. The van der Waals surface area contributed by atoms with Gasteiger partial charge in [0.05, 0.1) is 23.8 Å². The molecule has 2 aromatic heterocycles. The number of fused-ring (bicyclic) bond motifs is 1. The van der Waals surface area contributed by atoms with Gasteiger partial charge in [-0.2, -0.15) is 18.2 Å². The van der Waals surface area contributed by atoms with Gasteiger partial charge >= 0.3 is 6.18 Å². The Kier molecular flexibility index (Phi) is 7.78. The second kappa shape index (κ2) is 10.9. The minimum absolute atomic E-state index is 0.0454. The van der Waals surface area contributed by atoms with Crippen LogP contribution >= 0.6 is 0 Å². The average Bonchev–Trinajstić information content (AvgIpc) is 3.43. The largest absolute Gasteiger partial charge is 0.406 e. The van der Waals surface area contributed by atoms with Crippen molar-refractivity contribution in [3.63, 3.8) is 0 Å². The van der Waals surface area contributed by atoms with Crippen LogP contribution in [-0.2, 0) is 17.9 Å². The second-order valence-corrected chi connectivity index (χ2v) is 9.23. The van der Waals surface area contributed by atoms with Crippen molar-refractivity contribution in [1.82, 2.24) is 29.9 Å². The third kappa shape index (κ3) is 6.34. The van der Waals surface area contributed by atoms with Crippen LogP contribution < -0.4 is 22.2 Å². The van der Waals surface area contributed by atoms with Crippen molar-refractivity contribution >= 4 is 22.5 Å². The SMILES string of the molecule is CN(N)/C=C(\N)C(=O)NCc1nc(-c2cc3c(NC4CCN(C)CC4F)cccc3n2CC(F)(F)F)no1. The number of hydrogen-bond donors (Lipinski definition) is 4. The zero-order chi connectivity index (χ0) is 27.6. The molecule has 1 fully saturated rings. The van der Waals surface area contributed by atoms with Gasteiger partial charge in [0, 0.05) is 37.4 Å². The van der Waals surface area contributed by atoms with E-state index in [0.717, 1.165) is 9.58 Å². The maximum atomic E-state index is 14.7. The molecule has 1 amide bonds. The molecule has 1 aromatic carbocycles. The van der Waals surface area contributed by atoms with Gasteiger partial charge in [0.1, 0.15) is 18.4 Å². The van der Waals surface area contributed by atoms with Crippen LogP contribution in [0.15, 0.2) is 40.7 Å². The van der Waals surface area contributed by atoms with Crippen molar-refractivity contribution in [1.29, 1.82) is 0 Å². The first-order chi connectivity index (χ1) is 17.9. The molecule has 2 unspecified atom stereocenters. The van der Waals surface area contributed by atoms with E-state index in [4.69, 9.17) is 16.1 Å². The highest BCUT2D eigenvalue weighted by atomic mass is 19.4. The van der Waals surface area contributed by atoms with Crippen molar-refractivity contribution in [3.05, 3.63) is 42.1 Å². The van der Waals surface area contributed by atoms with E-state index in [0.29, 0.717) is 24.0 Å². The molecule has 6 N–H and O–H groups in total. The highest BCUT2D eigenvalue weighted by Gasteiger charge is 2.32. The van der Waals surface area contributed by atoms with E-state index in [9.17, 15) is 22.4 Å². The van der Waals surface area contributed by atoms with E-state index in [-0.39, 0.29) is 41.7 Å². The highest BCUT2D eigenvalue weighted by Crippen LogP contribution is 2.35. The molecule has 1 aliphatic heterocycles. The van der Waals surface area contributed by atoms with Gasteiger partial charge in [-0.3, -0.25) is 4.79 Å². The minimum Gasteiger partial charge on any atom is -0.393 e. The number of hydrogen-bond acceptors (Lipinski definition) is 9. The standard InChI is InChI=1S/C23H29F4N9O2/c1-34-7-6-17(14(24)10-34)31-16-4-3-5-18-13(16)8-19(36(18)12-23(25,26)27)21-32-20(38-33-21)9-30-22(37)15(28)11-35(2)29/h3-5,8,11,14,17,31H,6-7,9-10,12,28-29H2,1-2H3,(H,30,37)/b15-11-. The predicted molar refractivity (Wildman–Crippen MR) is 132 cm³/mol. The van der Waals surface area contributed by atoms with Gasteiger partial charge in [0.2, 0.25) is 11.7 Å². The number of nitrogens with one attached hydrogen (secondary N) is 2. The highest BCUT2D eigenvalue weighted by molar-refractivity contribution is 5.96. The summed E-state index contributed by atoms with van der Waals surface area (Å²) in [6, 6.07) is 5.88. The summed E-state index contributed by atoms with van der Waals surface area (Å²) in [5.41, 5.74) is 6.28. The van der Waals surface area contributed by atoms with Gasteiger partial charge in [0.25, 0.3) is 5.91 Å². The molecule has 0 bridgehead atoms. The summed E-state index contributed by atoms with van der Waals surface area (Å²) in [6.07, 6.45) is -3.93. The second-order valence-electron chi connectivity index (χ2n) is 9.23. The topological polar surface area (TPSA) is 144 Å². The van der Waals surface area contributed by atoms with Gasteiger partial charge < -0.3 is 35.4 Å². The lowest BCUT2D eigenvalue weighted by molar-refractivity contribution is -0.139. The van der Waals surface area contributed by atoms with E-state index in [1.165, 1.54) is 19.3 Å². The Hall–Kier alpha value is -3.85. The van der Waals surface area contributed by atoms with Gasteiger partial charge in [-0.25, -0.2) is 10.2 Å². The molecule has 0 radical (unpaired) electrons. The molecule has 1 saturated heterocycles. The lowest BCUT2D eigenvalue weighted by atomic mass is 10.0. The van der Waals surface area contributed by atoms with Gasteiger partial charge in [0.15, 0.2) is 0 Å². The molecule has 3 heterocycles. The fraction of sp³-hybridized carbons (Fsp3) is 0.435. The molecule has 11 nitrogen and oxygen atoms in total. The van der Waals surface area contributed by atoms with Gasteiger partial charge in [-0.15, -0.1) is 0 Å². The van der Waals surface area contributed by atoms with Gasteiger partial charge in [-0.1, -0.05) is 11.2 Å². The Balaban J connectivity index is 1.63. The molecule has 2 atom stereocenters. The normalized spacial score (nSPS) is 19.1. The average molecular weight is 540 g/mol. The Morgan fingerprint density at radius 2 is 2.13 bits per heavy atom. The van der Waals surface area contributed by atoms with Crippen LogP contribution in [0.5, 0.6) is 0 Å². The van der Waals surface area contributed by atoms with Crippen LogP contribution in [0.1, 0.15) is 12.3 Å². The number of alkyl halides is 4. The fourth-order valence-corrected chi connectivity index (χ4v) is 4.33. The number of benzene rings is 1. The Morgan fingerprint density at radius 3 is 2.82 bits per heavy atom. The number of amides is 1. The zero-order valence-corrected chi connectivity index (χ0v) is 20.8. The van der Waals surface area contributed by atoms with Crippen LogP contribution in [0, 0.1) is 0 Å². The molecule has 0 spiro atoms. The molecule has 0 saturated carbocycles. The lowest BCUT2D eigenvalue weighted by Gasteiger charge is -2.33. The molecular weight excluding hydrogens is 510 g/mol. The summed E-state index contributed by atoms with van der Waals surface area (Å²) in [7, 11) is 3.32. The molecule has 38 heavy (non-hydrogen) atoms. The number of carbonyl (C=O) groups is 1. The molecular formula is C23H29F4N9O2. The van der Waals surface area contributed by atoms with Crippen LogP contribution in [0.3, 0.4) is 0 Å². The van der Waals surface area contributed by atoms with Crippen molar-refractivity contribution in [2.45, 2.75) is 37.9 Å². The molecule has 4 rings (SSSR count). The third-order valence-corrected chi connectivity index (χ3v) is 6.07. The molecule has 1 aliphatic rings. The number of likely N-dealkylation sites (tertiary alicyclic amines) is 1. The number of rotatable bonds is 8. The Labute approximate surface area is 215 Å². The summed E-state index contributed by atoms with van der Waals surface area (Å²) in [6.45, 7) is -0.555. The molecule has 3 aromatic rings. The van der Waals surface area contributed by atoms with Crippen LogP contribution in [0.2, 0.25) is 0 Å². The van der Waals surface area contributed by atoms with Crippen LogP contribution in [-0.4, -0.2) is 76.1 Å². The summed E-state index contributed by atoms with van der Waals surface area (Å²) < 4.78 is 61.5. The molecule has 0 aliphatic carbocycles. The van der Waals surface area contributed by atoms with Crippen molar-refractivity contribution in [2.24, 2.45) is 11.6 Å². The van der Waals surface area contributed by atoms with E-state index >= 15 is 0 Å². The number of hydrazine groups is 1. The molecule has 206 valence electrons. The monoisotopic (exact) mass is 539 g/mol. The maximum Gasteiger partial charge on any atom is 0.406 e. The predicted octanol–water partition coefficient (Wildman–Crippen LogP) is 1.93. The Morgan fingerprint density at radius 1 is 1.37 bits per heavy atom. The molecule has 15 heteroatoms. The quantitative estimate of drug-likeness (QED) is 0.146.